The van der Waals surface area contributed by atoms with Crippen LogP contribution in [0.1, 0.15) is 19.5 Å². The Labute approximate surface area is 83.2 Å². The standard InChI is InChI=1S/C8H12FN3.ClH/c1-8(2,9)7-6(10-3)4-11-5-12-7;/h4-5,10H,1-3H3;1H. The van der Waals surface area contributed by atoms with Crippen molar-refractivity contribution in [1.29, 1.82) is 0 Å². The van der Waals surface area contributed by atoms with Gasteiger partial charge in [-0.2, -0.15) is 0 Å². The first-order valence-electron chi connectivity index (χ1n) is 3.73. The van der Waals surface area contributed by atoms with Crippen LogP contribution in [0.3, 0.4) is 0 Å². The molecule has 0 aliphatic carbocycles. The smallest absolute Gasteiger partial charge is 0.149 e. The number of anilines is 1. The number of hydrogen-bond acceptors (Lipinski definition) is 3. The SMILES string of the molecule is CNc1cncnc1C(C)(C)F.Cl. The highest BCUT2D eigenvalue weighted by atomic mass is 35.5. The zero-order valence-corrected chi connectivity index (χ0v) is 8.65. The monoisotopic (exact) mass is 205 g/mol. The van der Waals surface area contributed by atoms with Gasteiger partial charge < -0.3 is 5.32 Å². The molecule has 1 aromatic rings. The van der Waals surface area contributed by atoms with Gasteiger partial charge in [-0.25, -0.2) is 14.4 Å². The fourth-order valence-electron chi connectivity index (χ4n) is 0.986. The molecule has 74 valence electrons. The summed E-state index contributed by atoms with van der Waals surface area (Å²) in [7, 11) is 1.72. The van der Waals surface area contributed by atoms with Crippen LogP contribution in [0.5, 0.6) is 0 Å². The Morgan fingerprint density at radius 1 is 1.46 bits per heavy atom. The van der Waals surface area contributed by atoms with Gasteiger partial charge >= 0.3 is 0 Å². The lowest BCUT2D eigenvalue weighted by Gasteiger charge is -2.16. The minimum absolute atomic E-state index is 0. The number of aromatic nitrogens is 2. The number of halogens is 2. The molecule has 3 nitrogen and oxygen atoms in total. The minimum Gasteiger partial charge on any atom is -0.385 e. The molecule has 1 N–H and O–H groups in total. The molecule has 0 aliphatic rings. The van der Waals surface area contributed by atoms with Crippen molar-refractivity contribution in [2.45, 2.75) is 19.5 Å². The molecule has 0 saturated carbocycles. The third-order valence-corrected chi connectivity index (χ3v) is 1.54. The first kappa shape index (κ1) is 12.1. The van der Waals surface area contributed by atoms with Crippen molar-refractivity contribution in [2.24, 2.45) is 0 Å². The van der Waals surface area contributed by atoms with Gasteiger partial charge in [-0.15, -0.1) is 12.4 Å². The maximum absolute atomic E-state index is 13.4. The van der Waals surface area contributed by atoms with Gasteiger partial charge in [0.1, 0.15) is 17.7 Å². The molecule has 0 saturated heterocycles. The van der Waals surface area contributed by atoms with Gasteiger partial charge in [0.15, 0.2) is 0 Å². The lowest BCUT2D eigenvalue weighted by molar-refractivity contribution is 0.215. The fourth-order valence-corrected chi connectivity index (χ4v) is 0.986. The molecule has 0 amide bonds. The van der Waals surface area contributed by atoms with Crippen LogP contribution in [-0.2, 0) is 5.67 Å². The largest absolute Gasteiger partial charge is 0.385 e. The summed E-state index contributed by atoms with van der Waals surface area (Å²) >= 11 is 0. The molecule has 0 radical (unpaired) electrons. The summed E-state index contributed by atoms with van der Waals surface area (Å²) in [5.41, 5.74) is -0.411. The maximum atomic E-state index is 13.4. The average Bonchev–Trinajstić information content (AvgIpc) is 2.03. The van der Waals surface area contributed by atoms with Gasteiger partial charge in [0.05, 0.1) is 11.9 Å². The lowest BCUT2D eigenvalue weighted by atomic mass is 10.1. The highest BCUT2D eigenvalue weighted by Crippen LogP contribution is 2.27. The van der Waals surface area contributed by atoms with Gasteiger partial charge in [0, 0.05) is 7.05 Å². The van der Waals surface area contributed by atoms with Crippen LogP contribution < -0.4 is 5.32 Å². The van der Waals surface area contributed by atoms with E-state index in [1.807, 2.05) is 0 Å². The third-order valence-electron chi connectivity index (χ3n) is 1.54. The van der Waals surface area contributed by atoms with E-state index in [4.69, 9.17) is 0 Å². The second-order valence-corrected chi connectivity index (χ2v) is 3.01. The van der Waals surface area contributed by atoms with Crippen molar-refractivity contribution >= 4 is 18.1 Å². The second kappa shape index (κ2) is 4.37. The van der Waals surface area contributed by atoms with Gasteiger partial charge in [-0.3, -0.25) is 0 Å². The summed E-state index contributed by atoms with van der Waals surface area (Å²) in [4.78, 5) is 7.66. The number of hydrogen-bond donors (Lipinski definition) is 1. The zero-order valence-electron chi connectivity index (χ0n) is 7.84. The van der Waals surface area contributed by atoms with Crippen molar-refractivity contribution in [3.8, 4) is 0 Å². The highest BCUT2D eigenvalue weighted by molar-refractivity contribution is 5.85. The van der Waals surface area contributed by atoms with Crippen LogP contribution in [0.25, 0.3) is 0 Å². The Balaban J connectivity index is 0.00000144. The quantitative estimate of drug-likeness (QED) is 0.804. The van der Waals surface area contributed by atoms with E-state index >= 15 is 0 Å². The van der Waals surface area contributed by atoms with Crippen LogP contribution in [-0.4, -0.2) is 17.0 Å². The van der Waals surface area contributed by atoms with Crippen molar-refractivity contribution in [3.05, 3.63) is 18.2 Å². The van der Waals surface area contributed by atoms with Gasteiger partial charge in [-0.1, -0.05) is 0 Å². The molecular formula is C8H13ClFN3. The fraction of sp³-hybridized carbons (Fsp3) is 0.500. The Kier molecular flexibility index (Phi) is 4.07. The van der Waals surface area contributed by atoms with Crippen LogP contribution in [0.15, 0.2) is 12.5 Å². The van der Waals surface area contributed by atoms with E-state index in [0.29, 0.717) is 11.4 Å². The Morgan fingerprint density at radius 2 is 2.08 bits per heavy atom. The number of alkyl halides is 1. The summed E-state index contributed by atoms with van der Waals surface area (Å²) in [5, 5.41) is 2.84. The normalized spacial score (nSPS) is 10.5. The van der Waals surface area contributed by atoms with E-state index < -0.39 is 5.67 Å². The molecule has 0 unspecified atom stereocenters. The van der Waals surface area contributed by atoms with E-state index in [1.54, 1.807) is 13.2 Å². The summed E-state index contributed by atoms with van der Waals surface area (Å²) in [6.07, 6.45) is 2.90. The van der Waals surface area contributed by atoms with E-state index in [1.165, 1.54) is 20.2 Å². The molecule has 0 fully saturated rings. The van der Waals surface area contributed by atoms with Crippen LogP contribution >= 0.6 is 12.4 Å². The molecule has 0 aromatic carbocycles. The Morgan fingerprint density at radius 3 is 2.46 bits per heavy atom. The van der Waals surface area contributed by atoms with Crippen molar-refractivity contribution in [3.63, 3.8) is 0 Å². The topological polar surface area (TPSA) is 37.8 Å². The lowest BCUT2D eigenvalue weighted by Crippen LogP contribution is -2.14. The molecule has 13 heavy (non-hydrogen) atoms. The molecule has 1 heterocycles. The van der Waals surface area contributed by atoms with Crippen molar-refractivity contribution in [2.75, 3.05) is 12.4 Å². The van der Waals surface area contributed by atoms with Crippen molar-refractivity contribution < 1.29 is 4.39 Å². The van der Waals surface area contributed by atoms with E-state index in [-0.39, 0.29) is 12.4 Å². The van der Waals surface area contributed by atoms with E-state index in [9.17, 15) is 4.39 Å². The van der Waals surface area contributed by atoms with Gasteiger partial charge in [0.2, 0.25) is 0 Å². The molecule has 0 aliphatic heterocycles. The molecular weight excluding hydrogens is 193 g/mol. The summed E-state index contributed by atoms with van der Waals surface area (Å²) in [5.74, 6) is 0. The summed E-state index contributed by atoms with van der Waals surface area (Å²) in [6, 6.07) is 0. The Bertz CT molecular complexity index is 272. The molecule has 0 bridgehead atoms. The number of rotatable bonds is 2. The molecule has 1 rings (SSSR count). The highest BCUT2D eigenvalue weighted by Gasteiger charge is 2.23. The van der Waals surface area contributed by atoms with Crippen LogP contribution in [0.4, 0.5) is 10.1 Å². The van der Waals surface area contributed by atoms with Gasteiger partial charge in [-0.05, 0) is 13.8 Å². The molecule has 1 aromatic heterocycles. The maximum Gasteiger partial charge on any atom is 0.149 e. The second-order valence-electron chi connectivity index (χ2n) is 3.01. The summed E-state index contributed by atoms with van der Waals surface area (Å²) in [6.45, 7) is 2.94. The average molecular weight is 206 g/mol. The van der Waals surface area contributed by atoms with Crippen molar-refractivity contribution in [1.82, 2.24) is 9.97 Å². The molecule has 0 atom stereocenters. The summed E-state index contributed by atoms with van der Waals surface area (Å²) < 4.78 is 13.4. The zero-order chi connectivity index (χ0) is 9.19. The Hall–Kier alpha value is -0.900. The minimum atomic E-state index is -1.43. The first-order chi connectivity index (χ1) is 5.55. The molecule has 5 heteroatoms. The van der Waals surface area contributed by atoms with Crippen LogP contribution in [0.2, 0.25) is 0 Å². The predicted molar refractivity (Wildman–Crippen MR) is 53.0 cm³/mol. The number of nitrogens with zero attached hydrogens (tertiary/aromatic N) is 2. The number of nitrogens with one attached hydrogen (secondary N) is 1. The third kappa shape index (κ3) is 2.81. The van der Waals surface area contributed by atoms with Gasteiger partial charge in [0.25, 0.3) is 0 Å². The molecule has 0 spiro atoms. The van der Waals surface area contributed by atoms with E-state index in [0.717, 1.165) is 0 Å². The van der Waals surface area contributed by atoms with Crippen LogP contribution in [0, 0.1) is 0 Å². The van der Waals surface area contributed by atoms with E-state index in [2.05, 4.69) is 15.3 Å². The first-order valence-corrected chi connectivity index (χ1v) is 3.73. The predicted octanol–water partition coefficient (Wildman–Crippen LogP) is 2.14.